The minimum atomic E-state index is -1.07. The fourth-order valence-corrected chi connectivity index (χ4v) is 1.54. The highest BCUT2D eigenvalue weighted by Crippen LogP contribution is 2.23. The summed E-state index contributed by atoms with van der Waals surface area (Å²) in [6.45, 7) is 2.93. The Morgan fingerprint density at radius 2 is 2.11 bits per heavy atom. The van der Waals surface area contributed by atoms with Crippen molar-refractivity contribution in [2.45, 2.75) is 19.8 Å². The third kappa shape index (κ3) is 5.28. The van der Waals surface area contributed by atoms with Crippen LogP contribution in [0.5, 0.6) is 0 Å². The van der Waals surface area contributed by atoms with E-state index in [1.165, 1.54) is 18.2 Å². The first kappa shape index (κ1) is 15.5. The van der Waals surface area contributed by atoms with Gasteiger partial charge in [-0.3, -0.25) is 4.79 Å². The molecule has 0 heterocycles. The molecule has 2 N–H and O–H groups in total. The molecule has 0 aliphatic rings. The molecule has 0 fully saturated rings. The monoisotopic (exact) mass is 285 g/mol. The van der Waals surface area contributed by atoms with E-state index in [1.54, 1.807) is 0 Å². The van der Waals surface area contributed by atoms with Crippen LogP contribution in [0.4, 0.5) is 5.69 Å². The maximum atomic E-state index is 11.6. The van der Waals surface area contributed by atoms with Gasteiger partial charge in [0.1, 0.15) is 0 Å². The molecule has 0 saturated heterocycles. The minimum absolute atomic E-state index is 0.0712. The summed E-state index contributed by atoms with van der Waals surface area (Å²) in [5.41, 5.74) is 0.365. The molecule has 0 aliphatic carbocycles. The summed E-state index contributed by atoms with van der Waals surface area (Å²) in [6.07, 6.45) is 1.10. The van der Waals surface area contributed by atoms with Crippen molar-refractivity contribution in [1.29, 1.82) is 0 Å². The van der Waals surface area contributed by atoms with Gasteiger partial charge in [0.15, 0.2) is 0 Å². The predicted molar refractivity (Wildman–Crippen MR) is 72.8 cm³/mol. The summed E-state index contributed by atoms with van der Waals surface area (Å²) >= 11 is 5.89. The van der Waals surface area contributed by atoms with Crippen molar-refractivity contribution in [3.8, 4) is 0 Å². The van der Waals surface area contributed by atoms with Crippen LogP contribution < -0.4 is 5.32 Å². The van der Waals surface area contributed by atoms with Crippen LogP contribution in [0, 0.1) is 0 Å². The molecule has 0 spiro atoms. The predicted octanol–water partition coefficient (Wildman–Crippen LogP) is 2.79. The average molecular weight is 286 g/mol. The van der Waals surface area contributed by atoms with Gasteiger partial charge in [-0.05, 0) is 24.6 Å². The lowest BCUT2D eigenvalue weighted by Crippen LogP contribution is -2.15. The Hall–Kier alpha value is -1.59. The van der Waals surface area contributed by atoms with Gasteiger partial charge in [0.05, 0.1) is 29.3 Å². The molecule has 1 aromatic carbocycles. The quantitative estimate of drug-likeness (QED) is 0.755. The maximum Gasteiger partial charge on any atom is 0.335 e. The van der Waals surface area contributed by atoms with E-state index in [2.05, 4.69) is 5.32 Å². The summed E-state index contributed by atoms with van der Waals surface area (Å²) < 4.78 is 5.20. The lowest BCUT2D eigenvalue weighted by molar-refractivity contribution is -0.117. The number of nitrogens with one attached hydrogen (secondary N) is 1. The Morgan fingerprint density at radius 3 is 2.74 bits per heavy atom. The van der Waals surface area contributed by atoms with Crippen LogP contribution in [0.3, 0.4) is 0 Å². The number of benzene rings is 1. The lowest BCUT2D eigenvalue weighted by Gasteiger charge is -2.08. The molecule has 1 aromatic rings. The fraction of sp³-hybridized carbons (Fsp3) is 0.385. The molecular weight excluding hydrogens is 270 g/mol. The van der Waals surface area contributed by atoms with Crippen molar-refractivity contribution in [3.05, 3.63) is 28.8 Å². The highest BCUT2D eigenvalue weighted by Gasteiger charge is 2.10. The van der Waals surface area contributed by atoms with Crippen LogP contribution >= 0.6 is 11.6 Å². The van der Waals surface area contributed by atoms with Crippen LogP contribution in [-0.4, -0.2) is 30.2 Å². The van der Waals surface area contributed by atoms with Crippen LogP contribution in [0.2, 0.25) is 5.02 Å². The third-order valence-electron chi connectivity index (χ3n) is 2.31. The Kier molecular flexibility index (Phi) is 6.32. The van der Waals surface area contributed by atoms with E-state index in [0.29, 0.717) is 23.9 Å². The molecule has 6 heteroatoms. The second kappa shape index (κ2) is 7.76. The van der Waals surface area contributed by atoms with E-state index in [0.717, 1.165) is 6.42 Å². The van der Waals surface area contributed by atoms with Gasteiger partial charge in [-0.25, -0.2) is 4.79 Å². The number of carbonyl (C=O) groups excluding carboxylic acids is 1. The van der Waals surface area contributed by atoms with Crippen molar-refractivity contribution in [2.24, 2.45) is 0 Å². The smallest absolute Gasteiger partial charge is 0.335 e. The van der Waals surface area contributed by atoms with Crippen molar-refractivity contribution in [3.63, 3.8) is 0 Å². The number of carboxylic acids is 1. The first-order valence-corrected chi connectivity index (χ1v) is 6.32. The standard InChI is InChI=1S/C13H16ClNO4/c1-2-6-19-7-5-12(16)15-11-8-9(13(17)18)3-4-10(11)14/h3-4,8H,2,5-7H2,1H3,(H,15,16)(H,17,18). The van der Waals surface area contributed by atoms with Crippen LogP contribution in [0.25, 0.3) is 0 Å². The number of anilines is 1. The topological polar surface area (TPSA) is 75.6 Å². The fourth-order valence-electron chi connectivity index (χ4n) is 1.38. The Bertz CT molecular complexity index is 462. The molecule has 104 valence electrons. The molecule has 0 saturated carbocycles. The molecule has 1 amide bonds. The number of amides is 1. The van der Waals surface area contributed by atoms with E-state index in [4.69, 9.17) is 21.4 Å². The highest BCUT2D eigenvalue weighted by molar-refractivity contribution is 6.33. The van der Waals surface area contributed by atoms with Crippen molar-refractivity contribution in [1.82, 2.24) is 0 Å². The number of rotatable bonds is 7. The summed E-state index contributed by atoms with van der Waals surface area (Å²) in [4.78, 5) is 22.4. The number of halogens is 1. The summed E-state index contributed by atoms with van der Waals surface area (Å²) in [6, 6.07) is 4.15. The molecule has 5 nitrogen and oxygen atoms in total. The molecule has 0 aliphatic heterocycles. The molecule has 0 radical (unpaired) electrons. The van der Waals surface area contributed by atoms with E-state index in [-0.39, 0.29) is 17.9 Å². The minimum Gasteiger partial charge on any atom is -0.478 e. The van der Waals surface area contributed by atoms with E-state index in [1.807, 2.05) is 6.92 Å². The van der Waals surface area contributed by atoms with Crippen molar-refractivity contribution >= 4 is 29.2 Å². The summed E-state index contributed by atoms with van der Waals surface area (Å²) in [5, 5.41) is 11.7. The number of hydrogen-bond acceptors (Lipinski definition) is 3. The molecule has 0 unspecified atom stereocenters. The molecule has 0 aromatic heterocycles. The zero-order valence-corrected chi connectivity index (χ0v) is 11.4. The Labute approximate surface area is 116 Å². The second-order valence-electron chi connectivity index (χ2n) is 3.91. The van der Waals surface area contributed by atoms with Crippen molar-refractivity contribution in [2.75, 3.05) is 18.5 Å². The number of ether oxygens (including phenoxy) is 1. The van der Waals surface area contributed by atoms with E-state index >= 15 is 0 Å². The molecule has 19 heavy (non-hydrogen) atoms. The molecule has 0 bridgehead atoms. The van der Waals surface area contributed by atoms with Gasteiger partial charge >= 0.3 is 5.97 Å². The number of aromatic carboxylic acids is 1. The highest BCUT2D eigenvalue weighted by atomic mass is 35.5. The van der Waals surface area contributed by atoms with Gasteiger partial charge in [-0.1, -0.05) is 18.5 Å². The Balaban J connectivity index is 2.58. The van der Waals surface area contributed by atoms with Gasteiger partial charge in [0.25, 0.3) is 0 Å². The Morgan fingerprint density at radius 1 is 1.37 bits per heavy atom. The summed E-state index contributed by atoms with van der Waals surface area (Å²) in [5.74, 6) is -1.33. The van der Waals surface area contributed by atoms with Crippen molar-refractivity contribution < 1.29 is 19.4 Å². The van der Waals surface area contributed by atoms with Gasteiger partial charge in [0, 0.05) is 6.61 Å². The normalized spacial score (nSPS) is 10.2. The SMILES string of the molecule is CCCOCCC(=O)Nc1cc(C(=O)O)ccc1Cl. The van der Waals surface area contributed by atoms with Crippen LogP contribution in [0.1, 0.15) is 30.1 Å². The van der Waals surface area contributed by atoms with E-state index < -0.39 is 5.97 Å². The molecular formula is C13H16ClNO4. The first-order valence-electron chi connectivity index (χ1n) is 5.95. The van der Waals surface area contributed by atoms with Gasteiger partial charge < -0.3 is 15.2 Å². The lowest BCUT2D eigenvalue weighted by atomic mass is 10.2. The van der Waals surface area contributed by atoms with Gasteiger partial charge in [0.2, 0.25) is 5.91 Å². The van der Waals surface area contributed by atoms with Crippen LogP contribution in [-0.2, 0) is 9.53 Å². The molecule has 0 atom stereocenters. The third-order valence-corrected chi connectivity index (χ3v) is 2.64. The number of hydrogen-bond donors (Lipinski definition) is 2. The van der Waals surface area contributed by atoms with E-state index in [9.17, 15) is 9.59 Å². The largest absolute Gasteiger partial charge is 0.478 e. The summed E-state index contributed by atoms with van der Waals surface area (Å²) in [7, 11) is 0. The second-order valence-corrected chi connectivity index (χ2v) is 4.32. The van der Waals surface area contributed by atoms with Gasteiger partial charge in [-0.15, -0.1) is 0 Å². The number of carboxylic acid groups (broad SMARTS) is 1. The zero-order chi connectivity index (χ0) is 14.3. The average Bonchev–Trinajstić information content (AvgIpc) is 2.37. The first-order chi connectivity index (χ1) is 9.04. The van der Waals surface area contributed by atoms with Gasteiger partial charge in [-0.2, -0.15) is 0 Å². The van der Waals surface area contributed by atoms with Crippen LogP contribution in [0.15, 0.2) is 18.2 Å². The molecule has 1 rings (SSSR count). The maximum absolute atomic E-state index is 11.6. The number of carbonyl (C=O) groups is 2. The zero-order valence-electron chi connectivity index (χ0n) is 10.6.